The summed E-state index contributed by atoms with van der Waals surface area (Å²) in [4.78, 5) is 16.5. The molecule has 1 aromatic carbocycles. The van der Waals surface area contributed by atoms with Gasteiger partial charge in [0, 0.05) is 5.69 Å². The first kappa shape index (κ1) is 13.6. The van der Waals surface area contributed by atoms with Gasteiger partial charge in [-0.1, -0.05) is 6.07 Å². The molecule has 0 unspecified atom stereocenters. The summed E-state index contributed by atoms with van der Waals surface area (Å²) in [6, 6.07) is 3.53. The van der Waals surface area contributed by atoms with E-state index in [4.69, 9.17) is 9.94 Å². The van der Waals surface area contributed by atoms with Crippen molar-refractivity contribution in [3.63, 3.8) is 0 Å². The highest BCUT2D eigenvalue weighted by Gasteiger charge is 2.31. The van der Waals surface area contributed by atoms with Gasteiger partial charge in [0.05, 0.1) is 12.1 Å². The monoisotopic (exact) mass is 276 g/mol. The van der Waals surface area contributed by atoms with E-state index in [1.807, 2.05) is 0 Å². The molecule has 1 fully saturated rings. The van der Waals surface area contributed by atoms with E-state index < -0.39 is 23.9 Å². The average Bonchev–Trinajstić information content (AvgIpc) is 2.75. The van der Waals surface area contributed by atoms with Crippen LogP contribution in [0, 0.1) is 0 Å². The summed E-state index contributed by atoms with van der Waals surface area (Å²) in [5.41, 5.74) is -0.850. The summed E-state index contributed by atoms with van der Waals surface area (Å²) in [7, 11) is 0. The minimum Gasteiger partial charge on any atom is -0.389 e. The van der Waals surface area contributed by atoms with E-state index in [2.05, 4.69) is 5.32 Å². The fourth-order valence-electron chi connectivity index (χ4n) is 1.57. The number of urea groups is 1. The highest BCUT2D eigenvalue weighted by atomic mass is 19.4. The van der Waals surface area contributed by atoms with E-state index in [9.17, 15) is 18.0 Å². The maximum absolute atomic E-state index is 12.5. The molecule has 104 valence electrons. The summed E-state index contributed by atoms with van der Waals surface area (Å²) < 4.78 is 37.4. The van der Waals surface area contributed by atoms with Crippen molar-refractivity contribution >= 4 is 11.7 Å². The van der Waals surface area contributed by atoms with E-state index >= 15 is 0 Å². The number of carbonyl (C=O) groups is 1. The predicted molar refractivity (Wildman–Crippen MR) is 59.1 cm³/mol. The molecule has 19 heavy (non-hydrogen) atoms. The molecule has 1 heterocycles. The quantitative estimate of drug-likeness (QED) is 0.822. The molecule has 8 heteroatoms. The van der Waals surface area contributed by atoms with Gasteiger partial charge in [0.15, 0.2) is 0 Å². The standard InChI is InChI=1S/C11H11F3N2O3/c12-11(13,14)7-2-1-3-8(4-7)15-10(18)16-5-9(17)6-19-16/h1-4,9,17H,5-6H2,(H,15,18)/t9-/m0/s1. The number of aliphatic hydroxyl groups is 1. The zero-order chi connectivity index (χ0) is 14.0. The number of alkyl halides is 3. The molecule has 0 aliphatic carbocycles. The second kappa shape index (κ2) is 5.06. The lowest BCUT2D eigenvalue weighted by Crippen LogP contribution is -2.32. The maximum atomic E-state index is 12.5. The number of nitrogens with one attached hydrogen (secondary N) is 1. The Morgan fingerprint density at radius 3 is 2.79 bits per heavy atom. The van der Waals surface area contributed by atoms with Crippen LogP contribution in [-0.2, 0) is 11.0 Å². The number of halogens is 3. The number of hydrogen-bond acceptors (Lipinski definition) is 3. The Bertz CT molecular complexity index is 478. The lowest BCUT2D eigenvalue weighted by molar-refractivity contribution is -0.137. The largest absolute Gasteiger partial charge is 0.416 e. The third-order valence-corrected chi connectivity index (χ3v) is 2.47. The molecule has 0 radical (unpaired) electrons. The van der Waals surface area contributed by atoms with Gasteiger partial charge >= 0.3 is 12.2 Å². The van der Waals surface area contributed by atoms with Gasteiger partial charge in [-0.2, -0.15) is 13.2 Å². The average molecular weight is 276 g/mol. The molecule has 0 aromatic heterocycles. The number of benzene rings is 1. The van der Waals surface area contributed by atoms with E-state index in [1.54, 1.807) is 0 Å². The summed E-state index contributed by atoms with van der Waals surface area (Å²) in [5.74, 6) is 0. The number of hydrogen-bond donors (Lipinski definition) is 2. The minimum atomic E-state index is -4.47. The molecule has 1 saturated heterocycles. The summed E-state index contributed by atoms with van der Waals surface area (Å²) in [6.07, 6.45) is -5.26. The molecule has 1 atom stereocenters. The lowest BCUT2D eigenvalue weighted by atomic mass is 10.2. The van der Waals surface area contributed by atoms with Gasteiger partial charge in [-0.05, 0) is 18.2 Å². The molecule has 5 nitrogen and oxygen atoms in total. The number of nitrogens with zero attached hydrogens (tertiary/aromatic N) is 1. The SMILES string of the molecule is O=C(Nc1cccc(C(F)(F)F)c1)N1C[C@H](O)CO1. The smallest absolute Gasteiger partial charge is 0.389 e. The first-order chi connectivity index (χ1) is 8.86. The highest BCUT2D eigenvalue weighted by molar-refractivity contribution is 5.88. The first-order valence-corrected chi connectivity index (χ1v) is 5.43. The molecule has 0 spiro atoms. The highest BCUT2D eigenvalue weighted by Crippen LogP contribution is 2.30. The lowest BCUT2D eigenvalue weighted by Gasteiger charge is -2.15. The van der Waals surface area contributed by atoms with Gasteiger partial charge in [-0.15, -0.1) is 0 Å². The Hall–Kier alpha value is -1.80. The fraction of sp³-hybridized carbons (Fsp3) is 0.364. The van der Waals surface area contributed by atoms with Gasteiger partial charge in [0.1, 0.15) is 12.7 Å². The number of carbonyl (C=O) groups excluding carboxylic acids is 1. The molecule has 2 rings (SSSR count). The molecule has 2 amide bonds. The predicted octanol–water partition coefficient (Wildman–Crippen LogP) is 1.85. The maximum Gasteiger partial charge on any atom is 0.416 e. The van der Waals surface area contributed by atoms with Crippen LogP contribution in [0.1, 0.15) is 5.56 Å². The second-order valence-corrected chi connectivity index (χ2v) is 4.02. The summed E-state index contributed by atoms with van der Waals surface area (Å²) in [5, 5.41) is 12.3. The Morgan fingerprint density at radius 2 is 2.21 bits per heavy atom. The number of hydroxylamine groups is 2. The molecule has 0 bridgehead atoms. The van der Waals surface area contributed by atoms with Crippen molar-refractivity contribution in [1.29, 1.82) is 0 Å². The number of β-amino-alcohol motifs (C(OH)–C–C–N with tert-alkyl or cyclic N) is 1. The van der Waals surface area contributed by atoms with Gasteiger partial charge < -0.3 is 10.4 Å². The van der Waals surface area contributed by atoms with E-state index in [0.29, 0.717) is 0 Å². The molecule has 1 aromatic rings. The summed E-state index contributed by atoms with van der Waals surface area (Å²) >= 11 is 0. The van der Waals surface area contributed by atoms with Gasteiger partial charge in [-0.3, -0.25) is 4.84 Å². The molecule has 1 aliphatic rings. The third-order valence-electron chi connectivity index (χ3n) is 2.47. The van der Waals surface area contributed by atoms with Crippen molar-refractivity contribution in [2.75, 3.05) is 18.5 Å². The molecule has 1 aliphatic heterocycles. The van der Waals surface area contributed by atoms with Crippen LogP contribution in [0.25, 0.3) is 0 Å². The minimum absolute atomic E-state index is 0.00446. The topological polar surface area (TPSA) is 61.8 Å². The van der Waals surface area contributed by atoms with Crippen molar-refractivity contribution in [2.45, 2.75) is 12.3 Å². The van der Waals surface area contributed by atoms with E-state index in [0.717, 1.165) is 17.2 Å². The number of anilines is 1. The Labute approximate surface area is 106 Å². The van der Waals surface area contributed by atoms with Crippen LogP contribution in [0.5, 0.6) is 0 Å². The van der Waals surface area contributed by atoms with Crippen molar-refractivity contribution in [3.8, 4) is 0 Å². The first-order valence-electron chi connectivity index (χ1n) is 5.43. The number of aliphatic hydroxyl groups excluding tert-OH is 1. The second-order valence-electron chi connectivity index (χ2n) is 4.02. The van der Waals surface area contributed by atoms with E-state index in [-0.39, 0.29) is 18.8 Å². The van der Waals surface area contributed by atoms with Gasteiger partial charge in [0.25, 0.3) is 0 Å². The summed E-state index contributed by atoms with van der Waals surface area (Å²) in [6.45, 7) is -0.0409. The zero-order valence-electron chi connectivity index (χ0n) is 9.65. The Balaban J connectivity index is 2.05. The van der Waals surface area contributed by atoms with Crippen LogP contribution in [0.2, 0.25) is 0 Å². The van der Waals surface area contributed by atoms with Crippen LogP contribution in [0.15, 0.2) is 24.3 Å². The van der Waals surface area contributed by atoms with Crippen molar-refractivity contribution in [1.82, 2.24) is 5.06 Å². The molecule has 0 saturated carbocycles. The van der Waals surface area contributed by atoms with Crippen LogP contribution >= 0.6 is 0 Å². The van der Waals surface area contributed by atoms with Crippen LogP contribution in [0.4, 0.5) is 23.7 Å². The van der Waals surface area contributed by atoms with Crippen molar-refractivity contribution < 1.29 is 27.9 Å². The molecular formula is C11H11F3N2O3. The zero-order valence-corrected chi connectivity index (χ0v) is 9.65. The van der Waals surface area contributed by atoms with Crippen LogP contribution < -0.4 is 5.32 Å². The normalized spacial score (nSPS) is 19.6. The third kappa shape index (κ3) is 3.36. The Kier molecular flexibility index (Phi) is 3.63. The van der Waals surface area contributed by atoms with Gasteiger partial charge in [-0.25, -0.2) is 9.86 Å². The molecule has 2 N–H and O–H groups in total. The van der Waals surface area contributed by atoms with Crippen LogP contribution in [0.3, 0.4) is 0 Å². The van der Waals surface area contributed by atoms with Crippen molar-refractivity contribution in [2.24, 2.45) is 0 Å². The number of amides is 2. The Morgan fingerprint density at radius 1 is 1.47 bits per heavy atom. The van der Waals surface area contributed by atoms with Gasteiger partial charge in [0.2, 0.25) is 0 Å². The molecular weight excluding hydrogens is 265 g/mol. The van der Waals surface area contributed by atoms with Crippen molar-refractivity contribution in [3.05, 3.63) is 29.8 Å². The fourth-order valence-corrected chi connectivity index (χ4v) is 1.57. The van der Waals surface area contributed by atoms with E-state index in [1.165, 1.54) is 12.1 Å². The van der Waals surface area contributed by atoms with Crippen LogP contribution in [-0.4, -0.2) is 35.5 Å². The number of rotatable bonds is 1.